The van der Waals surface area contributed by atoms with Crippen LogP contribution >= 0.6 is 12.4 Å². The summed E-state index contributed by atoms with van der Waals surface area (Å²) in [6, 6.07) is 0. The molecular formula is C16H36ClN3O2. The number of unbranched alkanes of at least 4 members (excludes halogenated alkanes) is 10. The highest BCUT2D eigenvalue weighted by Gasteiger charge is 2.22. The summed E-state index contributed by atoms with van der Waals surface area (Å²) in [5.74, 6) is -1.92. The van der Waals surface area contributed by atoms with Gasteiger partial charge in [-0.1, -0.05) is 71.1 Å². The van der Waals surface area contributed by atoms with Crippen molar-refractivity contribution >= 4 is 18.4 Å². The summed E-state index contributed by atoms with van der Waals surface area (Å²) in [6.07, 6.45) is 14.3. The molecule has 0 radical (unpaired) electrons. The highest BCUT2D eigenvalue weighted by atomic mass is 35.5. The molecule has 0 aromatic carbocycles. The van der Waals surface area contributed by atoms with E-state index in [4.69, 9.17) is 21.9 Å². The van der Waals surface area contributed by atoms with Crippen molar-refractivity contribution in [3.63, 3.8) is 0 Å². The van der Waals surface area contributed by atoms with E-state index in [1.807, 2.05) is 0 Å². The second kappa shape index (κ2) is 15.5. The predicted molar refractivity (Wildman–Crippen MR) is 94.6 cm³/mol. The SMILES string of the molecule is CCCCCCCCCCCCCC(N)(N)OC(=O)CN.Cl. The van der Waals surface area contributed by atoms with Gasteiger partial charge in [-0.15, -0.1) is 12.4 Å². The molecule has 0 saturated heterocycles. The lowest BCUT2D eigenvalue weighted by Gasteiger charge is -2.24. The first kappa shape index (κ1) is 23.9. The van der Waals surface area contributed by atoms with E-state index >= 15 is 0 Å². The van der Waals surface area contributed by atoms with E-state index in [-0.39, 0.29) is 19.0 Å². The van der Waals surface area contributed by atoms with E-state index in [0.717, 1.165) is 12.8 Å². The van der Waals surface area contributed by atoms with Crippen LogP contribution in [0.15, 0.2) is 0 Å². The monoisotopic (exact) mass is 337 g/mol. The van der Waals surface area contributed by atoms with Crippen molar-refractivity contribution in [2.45, 2.75) is 89.8 Å². The van der Waals surface area contributed by atoms with Crippen LogP contribution in [0.2, 0.25) is 0 Å². The first-order chi connectivity index (χ1) is 10.0. The van der Waals surface area contributed by atoms with Gasteiger partial charge in [0, 0.05) is 6.42 Å². The van der Waals surface area contributed by atoms with Gasteiger partial charge in [-0.25, -0.2) is 0 Å². The van der Waals surface area contributed by atoms with Crippen LogP contribution in [0.4, 0.5) is 0 Å². The van der Waals surface area contributed by atoms with Gasteiger partial charge in [0.05, 0.1) is 6.54 Å². The lowest BCUT2D eigenvalue weighted by Crippen LogP contribution is -2.53. The van der Waals surface area contributed by atoms with Crippen LogP contribution < -0.4 is 17.2 Å². The molecule has 0 aromatic heterocycles. The van der Waals surface area contributed by atoms with Crippen LogP contribution in [0.1, 0.15) is 84.0 Å². The Balaban J connectivity index is 0. The molecule has 22 heavy (non-hydrogen) atoms. The zero-order valence-electron chi connectivity index (χ0n) is 14.1. The van der Waals surface area contributed by atoms with E-state index in [1.165, 1.54) is 57.8 Å². The molecule has 6 N–H and O–H groups in total. The fraction of sp³-hybridized carbons (Fsp3) is 0.938. The van der Waals surface area contributed by atoms with Gasteiger partial charge in [0.2, 0.25) is 5.85 Å². The van der Waals surface area contributed by atoms with Crippen LogP contribution in [0.5, 0.6) is 0 Å². The number of nitrogens with two attached hydrogens (primary N) is 3. The molecule has 0 saturated carbocycles. The Bertz CT molecular complexity index is 264. The second-order valence-electron chi connectivity index (χ2n) is 5.92. The molecule has 134 valence electrons. The molecule has 0 fully saturated rings. The van der Waals surface area contributed by atoms with Crippen molar-refractivity contribution in [2.75, 3.05) is 6.54 Å². The number of carbonyl (C=O) groups is 1. The molecule has 0 aliphatic rings. The molecule has 0 atom stereocenters. The quantitative estimate of drug-likeness (QED) is 0.256. The van der Waals surface area contributed by atoms with Crippen molar-refractivity contribution < 1.29 is 9.53 Å². The third kappa shape index (κ3) is 16.0. The minimum atomic E-state index is -1.37. The van der Waals surface area contributed by atoms with Crippen molar-refractivity contribution in [2.24, 2.45) is 17.2 Å². The van der Waals surface area contributed by atoms with Gasteiger partial charge in [0.25, 0.3) is 0 Å². The Hall–Kier alpha value is -0.360. The molecule has 0 spiro atoms. The number of rotatable bonds is 14. The summed E-state index contributed by atoms with van der Waals surface area (Å²) in [5.41, 5.74) is 16.5. The minimum absolute atomic E-state index is 0. The Morgan fingerprint density at radius 3 is 1.68 bits per heavy atom. The molecule has 0 aliphatic heterocycles. The summed E-state index contributed by atoms with van der Waals surface area (Å²) >= 11 is 0. The zero-order valence-corrected chi connectivity index (χ0v) is 15.0. The fourth-order valence-corrected chi connectivity index (χ4v) is 2.37. The van der Waals surface area contributed by atoms with Gasteiger partial charge in [-0.3, -0.25) is 16.3 Å². The standard InChI is InChI=1S/C16H35N3O2.ClH/c1-2-3-4-5-6-7-8-9-10-11-12-13-16(18,19)21-15(20)14-17;/h2-14,17-19H2,1H3;1H. The van der Waals surface area contributed by atoms with E-state index in [0.29, 0.717) is 6.42 Å². The number of carbonyl (C=O) groups excluding carboxylic acids is 1. The first-order valence-corrected chi connectivity index (χ1v) is 8.51. The van der Waals surface area contributed by atoms with Crippen LogP contribution in [-0.4, -0.2) is 18.4 Å². The molecule has 0 bridgehead atoms. The molecule has 5 nitrogen and oxygen atoms in total. The minimum Gasteiger partial charge on any atom is -0.430 e. The third-order valence-electron chi connectivity index (χ3n) is 3.64. The summed E-state index contributed by atoms with van der Waals surface area (Å²) in [5, 5.41) is 0. The molecule has 0 unspecified atom stereocenters. The van der Waals surface area contributed by atoms with E-state index < -0.39 is 11.8 Å². The average molecular weight is 338 g/mol. The summed E-state index contributed by atoms with van der Waals surface area (Å²) in [6.45, 7) is 2.06. The molecule has 6 heteroatoms. The Kier molecular flexibility index (Phi) is 16.9. The predicted octanol–water partition coefficient (Wildman–Crippen LogP) is 3.18. The van der Waals surface area contributed by atoms with Crippen LogP contribution in [-0.2, 0) is 9.53 Å². The fourth-order valence-electron chi connectivity index (χ4n) is 2.37. The lowest BCUT2D eigenvalue weighted by molar-refractivity contribution is -0.157. The maximum atomic E-state index is 11.0. The van der Waals surface area contributed by atoms with Gasteiger partial charge >= 0.3 is 5.97 Å². The zero-order chi connectivity index (χ0) is 16.0. The highest BCUT2D eigenvalue weighted by molar-refractivity contribution is 5.85. The number of hydrogen-bond donors (Lipinski definition) is 3. The van der Waals surface area contributed by atoms with E-state index in [2.05, 4.69) is 6.92 Å². The molecule has 0 amide bonds. The first-order valence-electron chi connectivity index (χ1n) is 8.51. The smallest absolute Gasteiger partial charge is 0.322 e. The Morgan fingerprint density at radius 1 is 0.864 bits per heavy atom. The van der Waals surface area contributed by atoms with E-state index in [9.17, 15) is 4.79 Å². The van der Waals surface area contributed by atoms with Gasteiger partial charge < -0.3 is 10.5 Å². The summed E-state index contributed by atoms with van der Waals surface area (Å²) in [7, 11) is 0. The van der Waals surface area contributed by atoms with Crippen molar-refractivity contribution in [1.29, 1.82) is 0 Å². The van der Waals surface area contributed by atoms with Crippen LogP contribution in [0.25, 0.3) is 0 Å². The maximum absolute atomic E-state index is 11.0. The van der Waals surface area contributed by atoms with E-state index in [1.54, 1.807) is 0 Å². The van der Waals surface area contributed by atoms with Gasteiger partial charge in [0.15, 0.2) is 0 Å². The topological polar surface area (TPSA) is 104 Å². The number of halogens is 1. The third-order valence-corrected chi connectivity index (χ3v) is 3.64. The average Bonchev–Trinajstić information content (AvgIpc) is 2.44. The summed E-state index contributed by atoms with van der Waals surface area (Å²) in [4.78, 5) is 11.0. The summed E-state index contributed by atoms with van der Waals surface area (Å²) < 4.78 is 4.87. The normalized spacial score (nSPS) is 11.1. The lowest BCUT2D eigenvalue weighted by atomic mass is 10.0. The second-order valence-corrected chi connectivity index (χ2v) is 5.92. The largest absolute Gasteiger partial charge is 0.430 e. The van der Waals surface area contributed by atoms with Crippen LogP contribution in [0, 0.1) is 0 Å². The Labute approximate surface area is 142 Å². The Morgan fingerprint density at radius 2 is 1.27 bits per heavy atom. The molecular weight excluding hydrogens is 302 g/mol. The van der Waals surface area contributed by atoms with Gasteiger partial charge in [0.1, 0.15) is 0 Å². The van der Waals surface area contributed by atoms with Gasteiger partial charge in [-0.05, 0) is 6.42 Å². The molecule has 0 rings (SSSR count). The van der Waals surface area contributed by atoms with Crippen LogP contribution in [0.3, 0.4) is 0 Å². The van der Waals surface area contributed by atoms with Crippen molar-refractivity contribution in [1.82, 2.24) is 0 Å². The maximum Gasteiger partial charge on any atom is 0.322 e. The highest BCUT2D eigenvalue weighted by Crippen LogP contribution is 2.14. The molecule has 0 aliphatic carbocycles. The number of ether oxygens (including phenoxy) is 1. The number of esters is 1. The molecule has 0 heterocycles. The van der Waals surface area contributed by atoms with Crippen molar-refractivity contribution in [3.05, 3.63) is 0 Å². The number of hydrogen-bond acceptors (Lipinski definition) is 5. The van der Waals surface area contributed by atoms with Gasteiger partial charge in [-0.2, -0.15) is 0 Å². The van der Waals surface area contributed by atoms with Crippen molar-refractivity contribution in [3.8, 4) is 0 Å². The molecule has 0 aromatic rings.